The number of nitrogens with one attached hydrogen (secondary N) is 1. The lowest BCUT2D eigenvalue weighted by Crippen LogP contribution is -2.16. The molecular formula is C19H17FN6OS. The molecule has 0 saturated heterocycles. The third kappa shape index (κ3) is 4.02. The zero-order valence-corrected chi connectivity index (χ0v) is 16.3. The maximum absolute atomic E-state index is 13.6. The van der Waals surface area contributed by atoms with Gasteiger partial charge in [0.2, 0.25) is 11.1 Å². The van der Waals surface area contributed by atoms with Crippen molar-refractivity contribution in [1.29, 1.82) is 5.26 Å². The lowest BCUT2D eigenvalue weighted by Gasteiger charge is -2.12. The van der Waals surface area contributed by atoms with Crippen molar-refractivity contribution in [3.8, 4) is 11.8 Å². The molecule has 0 spiro atoms. The Morgan fingerprint density at radius 2 is 2.00 bits per heavy atom. The molecule has 3 rings (SSSR count). The van der Waals surface area contributed by atoms with Crippen LogP contribution in [-0.2, 0) is 4.79 Å². The summed E-state index contributed by atoms with van der Waals surface area (Å²) in [5.41, 5.74) is 4.00. The van der Waals surface area contributed by atoms with Crippen molar-refractivity contribution >= 4 is 23.4 Å². The van der Waals surface area contributed by atoms with Gasteiger partial charge in [-0.2, -0.15) is 9.94 Å². The number of rotatable bonds is 5. The van der Waals surface area contributed by atoms with Gasteiger partial charge in [-0.1, -0.05) is 35.5 Å². The van der Waals surface area contributed by atoms with Gasteiger partial charge < -0.3 is 5.32 Å². The molecule has 3 aromatic rings. The number of nitrogens with zero attached hydrogens (tertiary/aromatic N) is 5. The van der Waals surface area contributed by atoms with Crippen LogP contribution < -0.4 is 5.32 Å². The van der Waals surface area contributed by atoms with E-state index in [2.05, 4.69) is 20.8 Å². The van der Waals surface area contributed by atoms with Gasteiger partial charge >= 0.3 is 0 Å². The Morgan fingerprint density at radius 3 is 2.68 bits per heavy atom. The van der Waals surface area contributed by atoms with Crippen LogP contribution in [0.3, 0.4) is 0 Å². The first-order valence-corrected chi connectivity index (χ1v) is 9.37. The molecule has 0 fully saturated rings. The molecule has 1 heterocycles. The van der Waals surface area contributed by atoms with E-state index in [0.29, 0.717) is 5.16 Å². The second kappa shape index (κ2) is 8.19. The second-order valence-corrected chi connectivity index (χ2v) is 7.17. The molecule has 1 aromatic heterocycles. The van der Waals surface area contributed by atoms with Crippen LogP contribution in [0.15, 0.2) is 35.5 Å². The Morgan fingerprint density at radius 1 is 1.29 bits per heavy atom. The molecule has 0 atom stereocenters. The Kier molecular flexibility index (Phi) is 5.70. The largest absolute Gasteiger partial charge is 0.324 e. The summed E-state index contributed by atoms with van der Waals surface area (Å²) in [5.74, 6) is -1.06. The van der Waals surface area contributed by atoms with Crippen molar-refractivity contribution in [3.05, 3.63) is 58.4 Å². The van der Waals surface area contributed by atoms with Crippen LogP contribution in [0, 0.1) is 37.9 Å². The van der Waals surface area contributed by atoms with Crippen molar-refractivity contribution < 1.29 is 9.18 Å². The molecule has 142 valence electrons. The van der Waals surface area contributed by atoms with Gasteiger partial charge in [0.15, 0.2) is 0 Å². The topological polar surface area (TPSA) is 96.5 Å². The predicted octanol–water partition coefficient (Wildman–Crippen LogP) is 3.33. The Hall–Kier alpha value is -3.25. The average molecular weight is 396 g/mol. The highest BCUT2D eigenvalue weighted by Gasteiger charge is 2.16. The molecule has 28 heavy (non-hydrogen) atoms. The molecule has 0 bridgehead atoms. The monoisotopic (exact) mass is 396 g/mol. The number of anilines is 1. The lowest BCUT2D eigenvalue weighted by molar-refractivity contribution is -0.113. The van der Waals surface area contributed by atoms with Crippen molar-refractivity contribution in [2.75, 3.05) is 11.1 Å². The van der Waals surface area contributed by atoms with Crippen LogP contribution >= 0.6 is 11.8 Å². The van der Waals surface area contributed by atoms with Gasteiger partial charge in [0.05, 0.1) is 17.1 Å². The molecule has 7 nitrogen and oxygen atoms in total. The molecule has 0 aliphatic carbocycles. The van der Waals surface area contributed by atoms with Crippen LogP contribution in [0.1, 0.15) is 22.3 Å². The summed E-state index contributed by atoms with van der Waals surface area (Å²) in [6.07, 6.45) is 0. The quantitative estimate of drug-likeness (QED) is 0.665. The number of hydrogen-bond donors (Lipinski definition) is 1. The van der Waals surface area contributed by atoms with Gasteiger partial charge in [0.25, 0.3) is 0 Å². The van der Waals surface area contributed by atoms with Crippen LogP contribution in [0.5, 0.6) is 0 Å². The zero-order valence-electron chi connectivity index (χ0n) is 15.5. The molecule has 9 heteroatoms. The van der Waals surface area contributed by atoms with E-state index in [0.717, 1.165) is 34.1 Å². The summed E-state index contributed by atoms with van der Waals surface area (Å²) in [5, 5.41) is 23.8. The van der Waals surface area contributed by atoms with Crippen LogP contribution in [0.4, 0.5) is 10.1 Å². The molecular weight excluding hydrogens is 379 g/mol. The number of carbonyl (C=O) groups excluding carboxylic acids is 1. The zero-order chi connectivity index (χ0) is 20.3. The third-order valence-electron chi connectivity index (χ3n) is 4.02. The summed E-state index contributed by atoms with van der Waals surface area (Å²) in [6, 6.07) is 9.92. The van der Waals surface area contributed by atoms with Crippen molar-refractivity contribution in [3.63, 3.8) is 0 Å². The van der Waals surface area contributed by atoms with E-state index >= 15 is 0 Å². The molecule has 0 radical (unpaired) electrons. The normalized spacial score (nSPS) is 10.5. The maximum Gasteiger partial charge on any atom is 0.234 e. The third-order valence-corrected chi connectivity index (χ3v) is 4.94. The number of hydrogen-bond acceptors (Lipinski definition) is 6. The molecule has 0 unspecified atom stereocenters. The summed E-state index contributed by atoms with van der Waals surface area (Å²) in [6.45, 7) is 5.97. The highest BCUT2D eigenvalue weighted by Crippen LogP contribution is 2.25. The van der Waals surface area contributed by atoms with Crippen LogP contribution in [0.25, 0.3) is 5.69 Å². The fraction of sp³-hybridized carbons (Fsp3) is 0.211. The number of amides is 1. The van der Waals surface area contributed by atoms with Crippen molar-refractivity contribution in [2.45, 2.75) is 25.9 Å². The summed E-state index contributed by atoms with van der Waals surface area (Å²) in [4.78, 5) is 12.3. The molecule has 0 saturated carbocycles. The van der Waals surface area contributed by atoms with E-state index in [-0.39, 0.29) is 22.9 Å². The summed E-state index contributed by atoms with van der Waals surface area (Å²) >= 11 is 1.15. The number of tetrazole rings is 1. The van der Waals surface area contributed by atoms with E-state index < -0.39 is 5.82 Å². The van der Waals surface area contributed by atoms with E-state index in [1.165, 1.54) is 18.2 Å². The minimum Gasteiger partial charge on any atom is -0.324 e. The van der Waals surface area contributed by atoms with E-state index in [1.807, 2.05) is 32.9 Å². The lowest BCUT2D eigenvalue weighted by atomic mass is 10.1. The minimum atomic E-state index is -0.679. The summed E-state index contributed by atoms with van der Waals surface area (Å²) < 4.78 is 15.2. The molecule has 2 aromatic carbocycles. The van der Waals surface area contributed by atoms with Crippen molar-refractivity contribution in [1.82, 2.24) is 20.2 Å². The van der Waals surface area contributed by atoms with Gasteiger partial charge in [-0.15, -0.1) is 5.10 Å². The van der Waals surface area contributed by atoms with E-state index in [9.17, 15) is 9.18 Å². The van der Waals surface area contributed by atoms with Crippen LogP contribution in [-0.4, -0.2) is 31.9 Å². The van der Waals surface area contributed by atoms with Gasteiger partial charge in [0.1, 0.15) is 17.4 Å². The number of aromatic nitrogens is 4. The van der Waals surface area contributed by atoms with Gasteiger partial charge in [-0.25, -0.2) is 4.39 Å². The van der Waals surface area contributed by atoms with Gasteiger partial charge in [-0.3, -0.25) is 4.79 Å². The first kappa shape index (κ1) is 19.5. The van der Waals surface area contributed by atoms with Crippen molar-refractivity contribution in [2.24, 2.45) is 0 Å². The number of thioether (sulfide) groups is 1. The fourth-order valence-electron chi connectivity index (χ4n) is 2.97. The van der Waals surface area contributed by atoms with Gasteiger partial charge in [-0.05, 0) is 54.5 Å². The van der Waals surface area contributed by atoms with Crippen LogP contribution in [0.2, 0.25) is 0 Å². The smallest absolute Gasteiger partial charge is 0.234 e. The number of benzene rings is 2. The molecule has 1 amide bonds. The number of aryl methyl sites for hydroxylation is 3. The number of carbonyl (C=O) groups is 1. The Balaban J connectivity index is 1.76. The highest BCUT2D eigenvalue weighted by molar-refractivity contribution is 7.99. The van der Waals surface area contributed by atoms with E-state index in [1.54, 1.807) is 10.8 Å². The average Bonchev–Trinajstić information content (AvgIpc) is 3.07. The summed E-state index contributed by atoms with van der Waals surface area (Å²) in [7, 11) is 0. The first-order chi connectivity index (χ1) is 13.4. The molecule has 0 aliphatic rings. The predicted molar refractivity (Wildman–Crippen MR) is 104 cm³/mol. The second-order valence-electron chi connectivity index (χ2n) is 6.23. The van der Waals surface area contributed by atoms with E-state index in [4.69, 9.17) is 5.26 Å². The Labute approximate surface area is 165 Å². The minimum absolute atomic E-state index is 0.00567. The Bertz CT molecular complexity index is 1070. The standard InChI is InChI=1S/C19H17FN6OS/c1-11-7-12(2)18(13(3)8-11)26-19(23-24-25-26)28-10-17(27)22-16-6-4-5-15(20)14(16)9-21/h4-8H,10H2,1-3H3,(H,22,27). The number of halogens is 1. The highest BCUT2D eigenvalue weighted by atomic mass is 32.2. The molecule has 0 aliphatic heterocycles. The number of nitriles is 1. The molecule has 1 N–H and O–H groups in total. The first-order valence-electron chi connectivity index (χ1n) is 8.38. The maximum atomic E-state index is 13.6. The fourth-order valence-corrected chi connectivity index (χ4v) is 3.65. The van der Waals surface area contributed by atoms with Gasteiger partial charge in [0, 0.05) is 0 Å². The SMILES string of the molecule is Cc1cc(C)c(-n2nnnc2SCC(=O)Nc2cccc(F)c2C#N)c(C)c1.